The van der Waals surface area contributed by atoms with Crippen molar-refractivity contribution in [3.8, 4) is 0 Å². The molecule has 0 N–H and O–H groups in total. The van der Waals surface area contributed by atoms with Gasteiger partial charge >= 0.3 is 5.97 Å². The van der Waals surface area contributed by atoms with Gasteiger partial charge < -0.3 is 4.74 Å². The van der Waals surface area contributed by atoms with Crippen LogP contribution in [-0.4, -0.2) is 23.4 Å². The molecule has 0 amide bonds. The molecular weight excluding hydrogens is 210 g/mol. The van der Waals surface area contributed by atoms with Gasteiger partial charge in [0.05, 0.1) is 23.4 Å². The van der Waals surface area contributed by atoms with Crippen LogP contribution in [0.5, 0.6) is 0 Å². The van der Waals surface area contributed by atoms with Crippen molar-refractivity contribution in [3.05, 3.63) is 28.5 Å². The number of thiocarbonyl (C=S) groups is 1. The third-order valence-corrected chi connectivity index (χ3v) is 1.93. The highest BCUT2D eigenvalue weighted by atomic mass is 35.5. The fourth-order valence-corrected chi connectivity index (χ4v) is 1.24. The number of carbonyl (C=O) groups excluding carboxylic acids is 1. The van der Waals surface area contributed by atoms with Gasteiger partial charge in [0.2, 0.25) is 0 Å². The fourth-order valence-electron chi connectivity index (χ4n) is 0.765. The van der Waals surface area contributed by atoms with E-state index in [1.807, 2.05) is 0 Å². The maximum atomic E-state index is 11.0. The molecule has 68 valence electrons. The number of carbonyl (C=O) groups is 1. The predicted octanol–water partition coefficient (Wildman–Crippen LogP) is 1.87. The monoisotopic (exact) mass is 215 g/mol. The van der Waals surface area contributed by atoms with Gasteiger partial charge in [0.15, 0.2) is 0 Å². The molecule has 13 heavy (non-hydrogen) atoms. The minimum atomic E-state index is -0.467. The van der Waals surface area contributed by atoms with E-state index >= 15 is 0 Å². The summed E-state index contributed by atoms with van der Waals surface area (Å²) < 4.78 is 4.49. The topological polar surface area (TPSA) is 39.2 Å². The summed E-state index contributed by atoms with van der Waals surface area (Å²) in [5.41, 5.74) is 0.789. The first-order valence-corrected chi connectivity index (χ1v) is 4.23. The molecule has 0 saturated carbocycles. The average molecular weight is 216 g/mol. The van der Waals surface area contributed by atoms with Gasteiger partial charge in [-0.15, -0.1) is 0 Å². The molecular formula is C8H6ClNO2S. The molecule has 0 aromatic carbocycles. The molecule has 5 heteroatoms. The molecule has 1 rings (SSSR count). The van der Waals surface area contributed by atoms with Crippen molar-refractivity contribution in [1.82, 2.24) is 4.98 Å². The zero-order chi connectivity index (χ0) is 9.84. The van der Waals surface area contributed by atoms with Gasteiger partial charge in [-0.05, 0) is 6.07 Å². The van der Waals surface area contributed by atoms with Gasteiger partial charge in [0.25, 0.3) is 0 Å². The predicted molar refractivity (Wildman–Crippen MR) is 53.3 cm³/mol. The number of pyridine rings is 1. The Bertz CT molecular complexity index is 354. The lowest BCUT2D eigenvalue weighted by molar-refractivity contribution is 0.0600. The zero-order valence-corrected chi connectivity index (χ0v) is 8.35. The molecule has 0 spiro atoms. The summed E-state index contributed by atoms with van der Waals surface area (Å²) in [4.78, 5) is 14.9. The Kier molecular flexibility index (Phi) is 3.33. The number of halogens is 1. The van der Waals surface area contributed by atoms with Crippen LogP contribution in [0.15, 0.2) is 12.3 Å². The Balaban J connectivity index is 3.09. The Morgan fingerprint density at radius 3 is 2.92 bits per heavy atom. The fraction of sp³-hybridized carbons (Fsp3) is 0.125. The largest absolute Gasteiger partial charge is 0.465 e. The lowest BCUT2D eigenvalue weighted by Crippen LogP contribution is -2.02. The van der Waals surface area contributed by atoms with E-state index in [9.17, 15) is 4.79 Å². The van der Waals surface area contributed by atoms with E-state index in [-0.39, 0.29) is 0 Å². The summed E-state index contributed by atoms with van der Waals surface area (Å²) in [6.07, 6.45) is 1.37. The highest BCUT2D eigenvalue weighted by Crippen LogP contribution is 2.14. The Hall–Kier alpha value is -1.00. The third-order valence-electron chi connectivity index (χ3n) is 1.40. The van der Waals surface area contributed by atoms with Gasteiger partial charge in [-0.1, -0.05) is 23.8 Å². The van der Waals surface area contributed by atoms with Crippen LogP contribution >= 0.6 is 23.8 Å². The normalized spacial score (nSPS) is 9.38. The first-order chi connectivity index (χ1) is 6.19. The number of nitrogens with zero attached hydrogens (tertiary/aromatic N) is 1. The van der Waals surface area contributed by atoms with Crippen LogP contribution in [0.2, 0.25) is 5.02 Å². The molecule has 1 aromatic rings. The highest BCUT2D eigenvalue weighted by Gasteiger charge is 2.08. The van der Waals surface area contributed by atoms with E-state index in [4.69, 9.17) is 11.6 Å². The maximum Gasteiger partial charge on any atom is 0.339 e. The van der Waals surface area contributed by atoms with E-state index in [0.29, 0.717) is 16.3 Å². The van der Waals surface area contributed by atoms with Crippen LogP contribution in [0.4, 0.5) is 0 Å². The Morgan fingerprint density at radius 2 is 2.46 bits per heavy atom. The van der Waals surface area contributed by atoms with Crippen molar-refractivity contribution in [2.24, 2.45) is 0 Å². The summed E-state index contributed by atoms with van der Waals surface area (Å²) in [6, 6.07) is 1.47. The van der Waals surface area contributed by atoms with Crippen LogP contribution in [0.25, 0.3) is 0 Å². The lowest BCUT2D eigenvalue weighted by atomic mass is 10.2. The molecule has 0 saturated heterocycles. The van der Waals surface area contributed by atoms with Crippen molar-refractivity contribution < 1.29 is 9.53 Å². The number of hydrogen-bond donors (Lipinski definition) is 0. The molecule has 1 heterocycles. The summed E-state index contributed by atoms with van der Waals surface area (Å²) in [5, 5.41) is 1.70. The Labute approximate surface area is 85.7 Å². The van der Waals surface area contributed by atoms with Crippen LogP contribution in [0.1, 0.15) is 16.1 Å². The molecule has 0 bridgehead atoms. The quantitative estimate of drug-likeness (QED) is 0.558. The molecule has 1 aromatic heterocycles. The van der Waals surface area contributed by atoms with Crippen LogP contribution in [0, 0.1) is 0 Å². The van der Waals surface area contributed by atoms with E-state index in [0.717, 1.165) is 0 Å². The highest BCUT2D eigenvalue weighted by molar-refractivity contribution is 7.79. The summed E-state index contributed by atoms with van der Waals surface area (Å²) in [7, 11) is 1.29. The Morgan fingerprint density at radius 1 is 1.77 bits per heavy atom. The third kappa shape index (κ3) is 2.23. The second-order valence-electron chi connectivity index (χ2n) is 2.20. The van der Waals surface area contributed by atoms with Crippen molar-refractivity contribution >= 4 is 35.2 Å². The van der Waals surface area contributed by atoms with E-state index < -0.39 is 5.97 Å². The minimum absolute atomic E-state index is 0.313. The van der Waals surface area contributed by atoms with Crippen LogP contribution < -0.4 is 0 Å². The smallest absolute Gasteiger partial charge is 0.339 e. The molecule has 0 radical (unpaired) electrons. The number of rotatable bonds is 2. The zero-order valence-electron chi connectivity index (χ0n) is 6.78. The standard InChI is InChI=1S/C8H6ClNO2S/c1-12-8(11)5-2-6(9)7(4-13)10-3-5/h2-4H,1H3. The van der Waals surface area contributed by atoms with E-state index in [1.165, 1.54) is 24.7 Å². The van der Waals surface area contributed by atoms with Gasteiger partial charge in [0.1, 0.15) is 0 Å². The van der Waals surface area contributed by atoms with Gasteiger partial charge in [-0.2, -0.15) is 0 Å². The minimum Gasteiger partial charge on any atom is -0.465 e. The lowest BCUT2D eigenvalue weighted by Gasteiger charge is -2.00. The van der Waals surface area contributed by atoms with E-state index in [2.05, 4.69) is 21.9 Å². The molecule has 0 unspecified atom stereocenters. The van der Waals surface area contributed by atoms with Gasteiger partial charge in [-0.3, -0.25) is 4.98 Å². The number of ether oxygens (including phenoxy) is 1. The maximum absolute atomic E-state index is 11.0. The van der Waals surface area contributed by atoms with Crippen molar-refractivity contribution in [1.29, 1.82) is 0 Å². The SMILES string of the molecule is COC(=O)c1cnc(C=S)c(Cl)c1. The first-order valence-electron chi connectivity index (χ1n) is 3.38. The number of methoxy groups -OCH3 is 1. The average Bonchev–Trinajstić information content (AvgIpc) is 2.16. The van der Waals surface area contributed by atoms with Crippen LogP contribution in [-0.2, 0) is 4.74 Å². The molecule has 0 fully saturated rings. The van der Waals surface area contributed by atoms with Crippen molar-refractivity contribution in [2.75, 3.05) is 7.11 Å². The molecule has 3 nitrogen and oxygen atoms in total. The van der Waals surface area contributed by atoms with Gasteiger partial charge in [-0.25, -0.2) is 4.79 Å². The number of aromatic nitrogens is 1. The van der Waals surface area contributed by atoms with E-state index in [1.54, 1.807) is 0 Å². The number of hydrogen-bond acceptors (Lipinski definition) is 4. The molecule has 0 atom stereocenters. The van der Waals surface area contributed by atoms with Gasteiger partial charge in [0, 0.05) is 11.6 Å². The molecule has 0 aliphatic carbocycles. The first kappa shape index (κ1) is 10.1. The van der Waals surface area contributed by atoms with Crippen LogP contribution in [0.3, 0.4) is 0 Å². The number of esters is 1. The summed E-state index contributed by atoms with van der Waals surface area (Å²) in [6.45, 7) is 0. The van der Waals surface area contributed by atoms with Crippen molar-refractivity contribution in [3.63, 3.8) is 0 Å². The summed E-state index contributed by atoms with van der Waals surface area (Å²) in [5.74, 6) is -0.467. The second kappa shape index (κ2) is 4.30. The van der Waals surface area contributed by atoms with Crippen molar-refractivity contribution in [2.45, 2.75) is 0 Å². The molecule has 0 aliphatic heterocycles. The summed E-state index contributed by atoms with van der Waals surface area (Å²) >= 11 is 10.4. The molecule has 0 aliphatic rings. The second-order valence-corrected chi connectivity index (χ2v) is 2.84.